The zero-order valence-corrected chi connectivity index (χ0v) is 22.4. The largest absolute Gasteiger partial charge is 0.465 e. The number of hydrogen-bond acceptors (Lipinski definition) is 7. The van der Waals surface area contributed by atoms with Crippen LogP contribution in [0, 0.1) is 0 Å². The molecule has 204 valence electrons. The number of amides is 2. The third-order valence-electron chi connectivity index (χ3n) is 7.67. The van der Waals surface area contributed by atoms with Crippen LogP contribution < -0.4 is 15.5 Å². The van der Waals surface area contributed by atoms with Crippen molar-refractivity contribution < 1.29 is 19.1 Å². The standard InChI is InChI=1S/C31H31N5O4/c1-40-31(39)21-10-11-22-24(18-21)33-30(38)28(22)29(20-8-4-2-5-9-20)34-26-13-12-25-23(32-26)14-17-36(25)27(37)19-35-15-6-3-7-16-35/h2,4-5,8-13,18H,3,6-7,14-17,19H2,1H3,(H,32,34)(H,33,38)/b29-28-. The molecular weight excluding hydrogens is 506 g/mol. The van der Waals surface area contributed by atoms with Crippen molar-refractivity contribution in [1.82, 2.24) is 9.88 Å². The molecule has 0 radical (unpaired) electrons. The van der Waals surface area contributed by atoms with Crippen LogP contribution >= 0.6 is 0 Å². The number of methoxy groups -OCH3 is 1. The molecule has 6 rings (SSSR count). The minimum absolute atomic E-state index is 0.112. The van der Waals surface area contributed by atoms with Gasteiger partial charge in [0, 0.05) is 18.5 Å². The molecule has 0 spiro atoms. The van der Waals surface area contributed by atoms with Gasteiger partial charge < -0.3 is 20.3 Å². The molecule has 2 N–H and O–H groups in total. The number of likely N-dealkylation sites (tertiary alicyclic amines) is 1. The summed E-state index contributed by atoms with van der Waals surface area (Å²) in [5, 5.41) is 6.28. The second-order valence-corrected chi connectivity index (χ2v) is 10.2. The van der Waals surface area contributed by atoms with Gasteiger partial charge in [0.1, 0.15) is 5.82 Å². The maximum atomic E-state index is 13.3. The van der Waals surface area contributed by atoms with Crippen molar-refractivity contribution in [2.75, 3.05) is 48.8 Å². The highest BCUT2D eigenvalue weighted by Crippen LogP contribution is 2.38. The number of anilines is 3. The molecule has 9 nitrogen and oxygen atoms in total. The van der Waals surface area contributed by atoms with Gasteiger partial charge in [-0.1, -0.05) is 42.8 Å². The lowest BCUT2D eigenvalue weighted by atomic mass is 9.99. The zero-order chi connectivity index (χ0) is 27.6. The summed E-state index contributed by atoms with van der Waals surface area (Å²) in [6.07, 6.45) is 4.20. The molecular formula is C31H31N5O4. The molecule has 1 fully saturated rings. The Morgan fingerprint density at radius 3 is 2.55 bits per heavy atom. The van der Waals surface area contributed by atoms with Gasteiger partial charge in [0.15, 0.2) is 0 Å². The number of rotatable bonds is 6. The van der Waals surface area contributed by atoms with E-state index in [1.165, 1.54) is 13.5 Å². The molecule has 1 aromatic heterocycles. The minimum Gasteiger partial charge on any atom is -0.465 e. The summed E-state index contributed by atoms with van der Waals surface area (Å²) >= 11 is 0. The van der Waals surface area contributed by atoms with E-state index in [2.05, 4.69) is 15.5 Å². The maximum Gasteiger partial charge on any atom is 0.337 e. The number of nitrogens with zero attached hydrogens (tertiary/aromatic N) is 3. The third kappa shape index (κ3) is 4.96. The first kappa shape index (κ1) is 25.8. The van der Waals surface area contributed by atoms with Crippen LogP contribution in [0.5, 0.6) is 0 Å². The Kier molecular flexibility index (Phi) is 7.04. The van der Waals surface area contributed by atoms with E-state index in [1.54, 1.807) is 18.2 Å². The van der Waals surface area contributed by atoms with Crippen LogP contribution in [-0.2, 0) is 20.7 Å². The van der Waals surface area contributed by atoms with Crippen LogP contribution in [0.3, 0.4) is 0 Å². The molecule has 4 heterocycles. The highest BCUT2D eigenvalue weighted by atomic mass is 16.5. The van der Waals surface area contributed by atoms with Crippen molar-refractivity contribution in [3.8, 4) is 0 Å². The number of carbonyl (C=O) groups excluding carboxylic acids is 3. The van der Waals surface area contributed by atoms with Gasteiger partial charge >= 0.3 is 5.97 Å². The van der Waals surface area contributed by atoms with Crippen LogP contribution in [0.1, 0.15) is 46.4 Å². The number of hydrogen-bond donors (Lipinski definition) is 2. The Morgan fingerprint density at radius 1 is 0.975 bits per heavy atom. The summed E-state index contributed by atoms with van der Waals surface area (Å²) in [6.45, 7) is 3.01. The summed E-state index contributed by atoms with van der Waals surface area (Å²) in [5.74, 6) is -0.0515. The molecule has 2 aromatic carbocycles. The van der Waals surface area contributed by atoms with E-state index in [-0.39, 0.29) is 11.8 Å². The normalized spacial score (nSPS) is 17.6. The third-order valence-corrected chi connectivity index (χ3v) is 7.67. The number of benzene rings is 2. The first-order valence-corrected chi connectivity index (χ1v) is 13.7. The Balaban J connectivity index is 1.31. The molecule has 0 bridgehead atoms. The van der Waals surface area contributed by atoms with Crippen LogP contribution in [0.15, 0.2) is 60.7 Å². The molecule has 0 aliphatic carbocycles. The summed E-state index contributed by atoms with van der Waals surface area (Å²) in [4.78, 5) is 47.3. The van der Waals surface area contributed by atoms with Crippen LogP contribution in [0.4, 0.5) is 17.2 Å². The van der Waals surface area contributed by atoms with Crippen LogP contribution in [0.25, 0.3) is 11.3 Å². The molecule has 40 heavy (non-hydrogen) atoms. The fourth-order valence-electron chi connectivity index (χ4n) is 5.66. The number of aromatic nitrogens is 1. The number of fused-ring (bicyclic) bond motifs is 2. The second kappa shape index (κ2) is 10.9. The van der Waals surface area contributed by atoms with Crippen molar-refractivity contribution in [2.24, 2.45) is 0 Å². The molecule has 3 aliphatic heterocycles. The van der Waals surface area contributed by atoms with Gasteiger partial charge in [-0.3, -0.25) is 14.5 Å². The number of piperidine rings is 1. The summed E-state index contributed by atoms with van der Waals surface area (Å²) < 4.78 is 4.83. The van der Waals surface area contributed by atoms with Crippen molar-refractivity contribution in [1.29, 1.82) is 0 Å². The SMILES string of the molecule is COC(=O)c1ccc2c(c1)NC(=O)/C2=C(\Nc1ccc2c(n1)CCN2C(=O)CN1CCCCC1)c1ccccc1. The van der Waals surface area contributed by atoms with E-state index >= 15 is 0 Å². The lowest BCUT2D eigenvalue weighted by Crippen LogP contribution is -2.41. The smallest absolute Gasteiger partial charge is 0.337 e. The predicted octanol–water partition coefficient (Wildman–Crippen LogP) is 4.18. The molecule has 0 saturated carbocycles. The van der Waals surface area contributed by atoms with Gasteiger partial charge in [0.05, 0.1) is 47.6 Å². The summed E-state index contributed by atoms with van der Waals surface area (Å²) in [6, 6.07) is 18.4. The molecule has 2 amide bonds. The van der Waals surface area contributed by atoms with Crippen molar-refractivity contribution in [2.45, 2.75) is 25.7 Å². The molecule has 3 aliphatic rings. The van der Waals surface area contributed by atoms with Crippen molar-refractivity contribution in [3.05, 3.63) is 83.0 Å². The van der Waals surface area contributed by atoms with E-state index < -0.39 is 5.97 Å². The van der Waals surface area contributed by atoms with E-state index in [0.717, 1.165) is 42.9 Å². The van der Waals surface area contributed by atoms with Gasteiger partial charge in [0.2, 0.25) is 5.91 Å². The predicted molar refractivity (Wildman–Crippen MR) is 154 cm³/mol. The molecule has 0 unspecified atom stereocenters. The van der Waals surface area contributed by atoms with Gasteiger partial charge in [-0.25, -0.2) is 9.78 Å². The summed E-state index contributed by atoms with van der Waals surface area (Å²) in [5.41, 5.74) is 5.16. The average molecular weight is 538 g/mol. The number of esters is 1. The Morgan fingerprint density at radius 2 is 1.77 bits per heavy atom. The maximum absolute atomic E-state index is 13.3. The van der Waals surface area contributed by atoms with Gasteiger partial charge in [-0.2, -0.15) is 0 Å². The zero-order valence-electron chi connectivity index (χ0n) is 22.4. The monoisotopic (exact) mass is 537 g/mol. The number of ether oxygens (including phenoxy) is 1. The lowest BCUT2D eigenvalue weighted by Gasteiger charge is -2.28. The number of pyridine rings is 1. The fraction of sp³-hybridized carbons (Fsp3) is 0.290. The quantitative estimate of drug-likeness (QED) is 0.359. The van der Waals surface area contributed by atoms with Gasteiger partial charge in [-0.05, 0) is 55.8 Å². The molecule has 1 saturated heterocycles. The molecule has 9 heteroatoms. The Hall–Kier alpha value is -4.50. The first-order valence-electron chi connectivity index (χ1n) is 13.7. The van der Waals surface area contributed by atoms with E-state index in [4.69, 9.17) is 9.72 Å². The van der Waals surface area contributed by atoms with Crippen molar-refractivity contribution >= 4 is 46.2 Å². The molecule has 0 atom stereocenters. The average Bonchev–Trinajstić information content (AvgIpc) is 3.56. The fourth-order valence-corrected chi connectivity index (χ4v) is 5.66. The van der Waals surface area contributed by atoms with Crippen LogP contribution in [-0.4, -0.2) is 61.0 Å². The van der Waals surface area contributed by atoms with Crippen molar-refractivity contribution in [3.63, 3.8) is 0 Å². The minimum atomic E-state index is -0.471. The Labute approximate surface area is 232 Å². The highest BCUT2D eigenvalue weighted by molar-refractivity contribution is 6.37. The van der Waals surface area contributed by atoms with E-state index in [0.29, 0.717) is 53.4 Å². The number of carbonyl (C=O) groups is 3. The lowest BCUT2D eigenvalue weighted by molar-refractivity contribution is -0.119. The highest BCUT2D eigenvalue weighted by Gasteiger charge is 2.31. The topological polar surface area (TPSA) is 104 Å². The number of nitrogens with one attached hydrogen (secondary N) is 2. The first-order chi connectivity index (χ1) is 19.5. The van der Waals surface area contributed by atoms with Crippen LogP contribution in [0.2, 0.25) is 0 Å². The molecule has 3 aromatic rings. The van der Waals surface area contributed by atoms with Gasteiger partial charge in [-0.15, -0.1) is 0 Å². The Bertz CT molecular complexity index is 1510. The van der Waals surface area contributed by atoms with E-state index in [1.807, 2.05) is 47.4 Å². The van der Waals surface area contributed by atoms with E-state index in [9.17, 15) is 14.4 Å². The second-order valence-electron chi connectivity index (χ2n) is 10.2. The summed E-state index contributed by atoms with van der Waals surface area (Å²) in [7, 11) is 1.32. The van der Waals surface area contributed by atoms with Gasteiger partial charge in [0.25, 0.3) is 5.91 Å².